The number of rotatable bonds is 4. The molecule has 1 aromatic carbocycles. The van der Waals surface area contributed by atoms with Crippen LogP contribution in [0, 0.1) is 0 Å². The third kappa shape index (κ3) is 4.05. The molecular weight excluding hydrogens is 319 g/mol. The minimum atomic E-state index is -4.74. The number of hydrogen-bond donors (Lipinski definition) is 1. The number of alkyl halides is 3. The van der Waals surface area contributed by atoms with Crippen LogP contribution in [0.4, 0.5) is 13.2 Å². The van der Waals surface area contributed by atoms with Crippen molar-refractivity contribution in [2.24, 2.45) is 0 Å². The van der Waals surface area contributed by atoms with E-state index in [-0.39, 0.29) is 23.5 Å². The Morgan fingerprint density at radius 2 is 1.83 bits per heavy atom. The van der Waals surface area contributed by atoms with Crippen LogP contribution in [0.1, 0.15) is 32.4 Å². The maximum atomic E-state index is 12.3. The van der Waals surface area contributed by atoms with Gasteiger partial charge in [-0.15, -0.1) is 0 Å². The van der Waals surface area contributed by atoms with E-state index in [2.05, 4.69) is 24.7 Å². The van der Waals surface area contributed by atoms with Gasteiger partial charge in [-0.1, -0.05) is 5.16 Å². The van der Waals surface area contributed by atoms with Crippen LogP contribution < -0.4 is 5.32 Å². The second-order valence-corrected chi connectivity index (χ2v) is 4.27. The van der Waals surface area contributed by atoms with Gasteiger partial charge in [-0.25, -0.2) is 4.79 Å². The lowest BCUT2D eigenvalue weighted by Crippen LogP contribution is -2.23. The Morgan fingerprint density at radius 3 is 2.35 bits per heavy atom. The fourth-order valence-corrected chi connectivity index (χ4v) is 1.58. The van der Waals surface area contributed by atoms with Gasteiger partial charge >= 0.3 is 18.0 Å². The molecule has 0 radical (unpaired) electrons. The zero-order chi connectivity index (χ0) is 17.0. The van der Waals surface area contributed by atoms with E-state index in [0.29, 0.717) is 0 Å². The van der Waals surface area contributed by atoms with E-state index in [1.54, 1.807) is 0 Å². The Hall–Kier alpha value is -2.91. The number of amides is 1. The molecule has 0 unspecified atom stereocenters. The molecule has 0 saturated carbocycles. The Morgan fingerprint density at radius 1 is 1.22 bits per heavy atom. The molecule has 0 aliphatic heterocycles. The number of nitrogens with one attached hydrogen (secondary N) is 1. The van der Waals surface area contributed by atoms with Crippen LogP contribution in [0.3, 0.4) is 0 Å². The lowest BCUT2D eigenvalue weighted by molar-refractivity contribution is -0.159. The van der Waals surface area contributed by atoms with Crippen LogP contribution in [0.25, 0.3) is 0 Å². The minimum Gasteiger partial charge on any atom is -0.465 e. The molecule has 10 heteroatoms. The normalized spacial score (nSPS) is 11.1. The Balaban J connectivity index is 1.97. The number of ether oxygens (including phenoxy) is 1. The molecule has 1 amide bonds. The van der Waals surface area contributed by atoms with Gasteiger partial charge in [0.05, 0.1) is 19.2 Å². The van der Waals surface area contributed by atoms with Crippen molar-refractivity contribution >= 4 is 11.9 Å². The number of nitrogens with zero attached hydrogens (tertiary/aromatic N) is 2. The number of halogens is 3. The molecule has 0 bridgehead atoms. The van der Waals surface area contributed by atoms with Gasteiger partial charge < -0.3 is 14.6 Å². The number of aromatic nitrogens is 2. The summed E-state index contributed by atoms with van der Waals surface area (Å²) in [5, 5.41) is 5.45. The molecule has 0 spiro atoms. The van der Waals surface area contributed by atoms with Crippen molar-refractivity contribution in [2.75, 3.05) is 7.11 Å². The maximum Gasteiger partial charge on any atom is 0.471 e. The summed E-state index contributed by atoms with van der Waals surface area (Å²) in [6, 6.07) is 5.52. The quantitative estimate of drug-likeness (QED) is 0.860. The molecule has 0 aliphatic carbocycles. The number of methoxy groups -OCH3 is 1. The van der Waals surface area contributed by atoms with Crippen LogP contribution in [0.5, 0.6) is 0 Å². The van der Waals surface area contributed by atoms with Crippen molar-refractivity contribution in [1.82, 2.24) is 15.5 Å². The predicted molar refractivity (Wildman–Crippen MR) is 68.3 cm³/mol. The van der Waals surface area contributed by atoms with Crippen molar-refractivity contribution in [1.29, 1.82) is 0 Å². The highest BCUT2D eigenvalue weighted by Gasteiger charge is 2.38. The highest BCUT2D eigenvalue weighted by molar-refractivity contribution is 5.96. The monoisotopic (exact) mass is 329 g/mol. The topological polar surface area (TPSA) is 94.3 Å². The zero-order valence-corrected chi connectivity index (χ0v) is 11.7. The van der Waals surface area contributed by atoms with Crippen LogP contribution in [0.15, 0.2) is 28.8 Å². The molecule has 2 aromatic rings. The maximum absolute atomic E-state index is 12.3. The van der Waals surface area contributed by atoms with Crippen LogP contribution in [-0.4, -0.2) is 29.1 Å². The first-order chi connectivity index (χ1) is 10.8. The molecule has 0 fully saturated rings. The number of hydrogen-bond acceptors (Lipinski definition) is 6. The van der Waals surface area contributed by atoms with Crippen molar-refractivity contribution in [3.63, 3.8) is 0 Å². The number of carbonyl (C=O) groups excluding carboxylic acids is 2. The summed E-state index contributed by atoms with van der Waals surface area (Å²) in [6.07, 6.45) is -4.74. The summed E-state index contributed by atoms with van der Waals surface area (Å²) in [5.74, 6) is -2.91. The Labute approximate surface area is 127 Å². The highest BCUT2D eigenvalue weighted by Crippen LogP contribution is 2.27. The average Bonchev–Trinajstić information content (AvgIpc) is 3.01. The molecule has 0 aliphatic rings. The third-order valence-corrected chi connectivity index (χ3v) is 2.69. The Kier molecular flexibility index (Phi) is 4.63. The second kappa shape index (κ2) is 6.46. The number of benzene rings is 1. The second-order valence-electron chi connectivity index (χ2n) is 4.27. The fraction of sp³-hybridized carbons (Fsp3) is 0.231. The first-order valence-corrected chi connectivity index (χ1v) is 6.17. The first kappa shape index (κ1) is 16.5. The van der Waals surface area contributed by atoms with E-state index in [4.69, 9.17) is 0 Å². The molecule has 122 valence electrons. The van der Waals surface area contributed by atoms with E-state index in [1.165, 1.54) is 31.4 Å². The van der Waals surface area contributed by atoms with Gasteiger partial charge in [-0.2, -0.15) is 18.2 Å². The zero-order valence-electron chi connectivity index (χ0n) is 11.7. The molecular formula is C13H10F3N3O4. The van der Waals surface area contributed by atoms with Crippen molar-refractivity contribution in [3.05, 3.63) is 47.1 Å². The summed E-state index contributed by atoms with van der Waals surface area (Å²) in [4.78, 5) is 26.2. The molecule has 23 heavy (non-hydrogen) atoms. The van der Waals surface area contributed by atoms with Gasteiger partial charge in [0, 0.05) is 5.56 Å². The average molecular weight is 329 g/mol. The van der Waals surface area contributed by atoms with Crippen LogP contribution in [0.2, 0.25) is 0 Å². The molecule has 1 aromatic heterocycles. The van der Waals surface area contributed by atoms with E-state index in [1.807, 2.05) is 0 Å². The van der Waals surface area contributed by atoms with Gasteiger partial charge in [-0.05, 0) is 24.3 Å². The highest BCUT2D eigenvalue weighted by atomic mass is 19.4. The van der Waals surface area contributed by atoms with E-state index < -0.39 is 23.9 Å². The Bertz CT molecular complexity index is 710. The summed E-state index contributed by atoms with van der Waals surface area (Å²) in [5.41, 5.74) is 0.467. The first-order valence-electron chi connectivity index (χ1n) is 6.17. The van der Waals surface area contributed by atoms with E-state index in [9.17, 15) is 22.8 Å². The summed E-state index contributed by atoms with van der Waals surface area (Å²) < 4.78 is 45.4. The molecule has 1 N–H and O–H groups in total. The standard InChI is InChI=1S/C13H10F3N3O4/c1-22-11(21)8-4-2-7(3-5-8)10(20)17-6-9-18-12(23-19-9)13(14,15)16/h2-5H,6H2,1H3,(H,17,20). The van der Waals surface area contributed by atoms with E-state index in [0.717, 1.165) is 0 Å². The summed E-state index contributed by atoms with van der Waals surface area (Å²) >= 11 is 0. The molecule has 0 saturated heterocycles. The summed E-state index contributed by atoms with van der Waals surface area (Å²) in [6.45, 7) is -0.336. The number of esters is 1. The summed E-state index contributed by atoms with van der Waals surface area (Å²) in [7, 11) is 1.23. The smallest absolute Gasteiger partial charge is 0.465 e. The molecule has 2 rings (SSSR count). The largest absolute Gasteiger partial charge is 0.471 e. The molecule has 1 heterocycles. The van der Waals surface area contributed by atoms with Crippen LogP contribution in [-0.2, 0) is 17.5 Å². The predicted octanol–water partition coefficient (Wildman–Crippen LogP) is 1.80. The molecule has 0 atom stereocenters. The lowest BCUT2D eigenvalue weighted by atomic mass is 10.1. The third-order valence-electron chi connectivity index (χ3n) is 2.69. The van der Waals surface area contributed by atoms with E-state index >= 15 is 0 Å². The lowest BCUT2D eigenvalue weighted by Gasteiger charge is -2.03. The van der Waals surface area contributed by atoms with Gasteiger partial charge in [-0.3, -0.25) is 4.79 Å². The van der Waals surface area contributed by atoms with Crippen molar-refractivity contribution < 1.29 is 32.0 Å². The van der Waals surface area contributed by atoms with Gasteiger partial charge in [0.25, 0.3) is 5.91 Å². The van der Waals surface area contributed by atoms with Gasteiger partial charge in [0.1, 0.15) is 0 Å². The van der Waals surface area contributed by atoms with Gasteiger partial charge in [0.15, 0.2) is 5.82 Å². The van der Waals surface area contributed by atoms with Gasteiger partial charge in [0.2, 0.25) is 0 Å². The number of carbonyl (C=O) groups is 2. The van der Waals surface area contributed by atoms with Crippen LogP contribution >= 0.6 is 0 Å². The molecule has 7 nitrogen and oxygen atoms in total. The fourth-order valence-electron chi connectivity index (χ4n) is 1.58. The minimum absolute atomic E-state index is 0.206. The van der Waals surface area contributed by atoms with Crippen molar-refractivity contribution in [2.45, 2.75) is 12.7 Å². The van der Waals surface area contributed by atoms with Crippen molar-refractivity contribution in [3.8, 4) is 0 Å². The SMILES string of the molecule is COC(=O)c1ccc(C(=O)NCc2noc(C(F)(F)F)n2)cc1.